The summed E-state index contributed by atoms with van der Waals surface area (Å²) < 4.78 is 7.28. The number of benzene rings is 1. The van der Waals surface area contributed by atoms with Crippen molar-refractivity contribution < 1.29 is 9.53 Å². The largest absolute Gasteiger partial charge is 0.375 e. The number of pyridine rings is 1. The van der Waals surface area contributed by atoms with Crippen LogP contribution >= 0.6 is 0 Å². The van der Waals surface area contributed by atoms with Gasteiger partial charge in [0.25, 0.3) is 5.91 Å². The molecule has 150 valence electrons. The van der Waals surface area contributed by atoms with Gasteiger partial charge in [0.1, 0.15) is 23.5 Å². The average molecular weight is 400 g/mol. The molecule has 4 heterocycles. The van der Waals surface area contributed by atoms with Crippen molar-refractivity contribution in [2.24, 2.45) is 5.73 Å². The third-order valence-corrected chi connectivity index (χ3v) is 5.17. The Morgan fingerprint density at radius 3 is 2.83 bits per heavy atom. The Bertz CT molecular complexity index is 1240. The van der Waals surface area contributed by atoms with E-state index in [-0.39, 0.29) is 0 Å². The van der Waals surface area contributed by atoms with E-state index in [0.717, 1.165) is 34.6 Å². The van der Waals surface area contributed by atoms with Crippen LogP contribution in [0.2, 0.25) is 0 Å². The second kappa shape index (κ2) is 7.57. The van der Waals surface area contributed by atoms with Gasteiger partial charge in [0.05, 0.1) is 24.4 Å². The number of amides is 1. The third-order valence-electron chi connectivity index (χ3n) is 5.17. The number of carbonyl (C=O) groups excluding carboxylic acids is 1. The van der Waals surface area contributed by atoms with Crippen molar-refractivity contribution in [3.63, 3.8) is 0 Å². The predicted molar refractivity (Wildman–Crippen MR) is 112 cm³/mol. The van der Waals surface area contributed by atoms with Crippen molar-refractivity contribution in [2.45, 2.75) is 19.6 Å². The first-order valence-corrected chi connectivity index (χ1v) is 9.72. The smallest absolute Gasteiger partial charge is 0.265 e. The normalized spacial score (nSPS) is 13.2. The first-order valence-electron chi connectivity index (χ1n) is 9.72. The Hall–Kier alpha value is -3.78. The Kier molecular flexibility index (Phi) is 4.61. The highest BCUT2D eigenvalue weighted by atomic mass is 16.5. The van der Waals surface area contributed by atoms with Crippen LogP contribution in [0.4, 0.5) is 5.82 Å². The van der Waals surface area contributed by atoms with Crippen molar-refractivity contribution in [1.82, 2.24) is 19.4 Å². The van der Waals surface area contributed by atoms with E-state index < -0.39 is 5.91 Å². The summed E-state index contributed by atoms with van der Waals surface area (Å²) in [5, 5.41) is 3.45. The molecule has 4 aromatic rings. The Labute approximate surface area is 172 Å². The van der Waals surface area contributed by atoms with E-state index >= 15 is 0 Å². The van der Waals surface area contributed by atoms with Gasteiger partial charge in [-0.15, -0.1) is 0 Å². The van der Waals surface area contributed by atoms with Gasteiger partial charge in [-0.1, -0.05) is 36.4 Å². The summed E-state index contributed by atoms with van der Waals surface area (Å²) in [6.07, 6.45) is 2.32. The van der Waals surface area contributed by atoms with Crippen LogP contribution in [-0.4, -0.2) is 31.9 Å². The zero-order valence-electron chi connectivity index (χ0n) is 16.2. The van der Waals surface area contributed by atoms with Crippen LogP contribution in [0.1, 0.15) is 27.3 Å². The Morgan fingerprint density at radius 2 is 2.00 bits per heavy atom. The molecule has 0 aliphatic carbocycles. The highest BCUT2D eigenvalue weighted by molar-refractivity contribution is 5.92. The molecule has 0 atom stereocenters. The molecule has 8 nitrogen and oxygen atoms in total. The first-order chi connectivity index (χ1) is 14.7. The van der Waals surface area contributed by atoms with Crippen LogP contribution in [0.15, 0.2) is 54.9 Å². The topological polar surface area (TPSA) is 107 Å². The fraction of sp³-hybridized carbons (Fsp3) is 0.182. The number of nitrogens with zero attached hydrogens (tertiary/aromatic N) is 4. The molecule has 0 unspecified atom stereocenters. The van der Waals surface area contributed by atoms with E-state index in [4.69, 9.17) is 20.4 Å². The SMILES string of the molecule is NC(=O)c1cccc2c(-c3nc4c(c(NCc5ccccc5)n3)CCOC4)ncn12. The lowest BCUT2D eigenvalue weighted by Gasteiger charge is -2.20. The van der Waals surface area contributed by atoms with Crippen LogP contribution < -0.4 is 11.1 Å². The third kappa shape index (κ3) is 3.27. The van der Waals surface area contributed by atoms with Gasteiger partial charge in [-0.25, -0.2) is 15.0 Å². The van der Waals surface area contributed by atoms with E-state index in [0.29, 0.717) is 37.0 Å². The second-order valence-electron chi connectivity index (χ2n) is 7.09. The number of hydrogen-bond acceptors (Lipinski definition) is 6. The summed E-state index contributed by atoms with van der Waals surface area (Å²) in [6.45, 7) is 1.73. The van der Waals surface area contributed by atoms with Gasteiger partial charge in [0.15, 0.2) is 5.82 Å². The molecule has 3 aromatic heterocycles. The summed E-state index contributed by atoms with van der Waals surface area (Å²) in [4.78, 5) is 25.7. The van der Waals surface area contributed by atoms with Crippen molar-refractivity contribution in [3.8, 4) is 11.5 Å². The molecule has 0 bridgehead atoms. The molecule has 30 heavy (non-hydrogen) atoms. The first kappa shape index (κ1) is 18.3. The van der Waals surface area contributed by atoms with E-state index in [1.165, 1.54) is 0 Å². The van der Waals surface area contributed by atoms with E-state index in [2.05, 4.69) is 22.4 Å². The summed E-state index contributed by atoms with van der Waals surface area (Å²) >= 11 is 0. The lowest BCUT2D eigenvalue weighted by Crippen LogP contribution is -2.17. The average Bonchev–Trinajstić information content (AvgIpc) is 3.22. The minimum Gasteiger partial charge on any atom is -0.375 e. The highest BCUT2D eigenvalue weighted by Crippen LogP contribution is 2.28. The molecule has 0 spiro atoms. The summed E-state index contributed by atoms with van der Waals surface area (Å²) in [5.41, 5.74) is 10.3. The second-order valence-corrected chi connectivity index (χ2v) is 7.09. The van der Waals surface area contributed by atoms with Crippen molar-refractivity contribution in [3.05, 3.63) is 77.4 Å². The summed E-state index contributed by atoms with van der Waals surface area (Å²) in [7, 11) is 0. The molecule has 0 fully saturated rings. The molecule has 1 amide bonds. The molecule has 0 radical (unpaired) electrons. The van der Waals surface area contributed by atoms with E-state index in [1.807, 2.05) is 24.3 Å². The number of nitrogens with one attached hydrogen (secondary N) is 1. The number of primary amides is 1. The van der Waals surface area contributed by atoms with Crippen molar-refractivity contribution in [2.75, 3.05) is 11.9 Å². The van der Waals surface area contributed by atoms with Gasteiger partial charge < -0.3 is 15.8 Å². The number of nitrogens with two attached hydrogens (primary N) is 1. The number of hydrogen-bond donors (Lipinski definition) is 2. The maximum Gasteiger partial charge on any atom is 0.265 e. The zero-order valence-corrected chi connectivity index (χ0v) is 16.2. The molecule has 0 saturated carbocycles. The lowest BCUT2D eigenvalue weighted by molar-refractivity contribution is 0.0994. The van der Waals surface area contributed by atoms with Gasteiger partial charge in [-0.05, 0) is 17.7 Å². The Balaban J connectivity index is 1.58. The quantitative estimate of drug-likeness (QED) is 0.533. The monoisotopic (exact) mass is 400 g/mol. The molecule has 5 rings (SSSR count). The number of aromatic nitrogens is 4. The fourth-order valence-electron chi connectivity index (χ4n) is 3.68. The number of fused-ring (bicyclic) bond motifs is 2. The molecule has 1 aromatic carbocycles. The molecule has 3 N–H and O–H groups in total. The van der Waals surface area contributed by atoms with Gasteiger partial charge in [0.2, 0.25) is 0 Å². The number of carbonyl (C=O) groups is 1. The predicted octanol–water partition coefficient (Wildman–Crippen LogP) is 2.58. The highest BCUT2D eigenvalue weighted by Gasteiger charge is 2.21. The molecule has 0 saturated heterocycles. The van der Waals surface area contributed by atoms with Gasteiger partial charge >= 0.3 is 0 Å². The molecular weight excluding hydrogens is 380 g/mol. The number of imidazole rings is 1. The minimum atomic E-state index is -0.519. The van der Waals surface area contributed by atoms with Crippen LogP contribution in [0.25, 0.3) is 17.0 Å². The van der Waals surface area contributed by atoms with Gasteiger partial charge in [-0.2, -0.15) is 0 Å². The summed E-state index contributed by atoms with van der Waals surface area (Å²) in [6, 6.07) is 15.5. The number of rotatable bonds is 5. The molecule has 1 aliphatic rings. The van der Waals surface area contributed by atoms with Crippen molar-refractivity contribution >= 4 is 17.2 Å². The molecular formula is C22H20N6O2. The zero-order chi connectivity index (χ0) is 20.5. The summed E-state index contributed by atoms with van der Waals surface area (Å²) in [5.74, 6) is 0.753. The van der Waals surface area contributed by atoms with Crippen LogP contribution in [0, 0.1) is 0 Å². The maximum absolute atomic E-state index is 11.7. The number of ether oxygens (including phenoxy) is 1. The van der Waals surface area contributed by atoms with Crippen molar-refractivity contribution in [1.29, 1.82) is 0 Å². The molecule has 1 aliphatic heterocycles. The standard InChI is InChI=1S/C22H20N6O2/c23-20(29)18-8-4-7-17-19(25-13-28(17)18)22-26-16-12-30-10-9-15(16)21(27-22)24-11-14-5-2-1-3-6-14/h1-8,13H,9-12H2,(H2,23,29)(H,24,26,27). The maximum atomic E-state index is 11.7. The minimum absolute atomic E-state index is 0.356. The van der Waals surface area contributed by atoms with Crippen LogP contribution in [0.5, 0.6) is 0 Å². The Morgan fingerprint density at radius 1 is 1.13 bits per heavy atom. The van der Waals surface area contributed by atoms with Crippen LogP contribution in [0.3, 0.4) is 0 Å². The number of anilines is 1. The lowest BCUT2D eigenvalue weighted by atomic mass is 10.1. The van der Waals surface area contributed by atoms with E-state index in [1.54, 1.807) is 22.9 Å². The molecule has 8 heteroatoms. The van der Waals surface area contributed by atoms with Gasteiger partial charge in [0, 0.05) is 18.5 Å². The van der Waals surface area contributed by atoms with Crippen LogP contribution in [-0.2, 0) is 24.3 Å². The van der Waals surface area contributed by atoms with E-state index in [9.17, 15) is 4.79 Å². The fourth-order valence-corrected chi connectivity index (χ4v) is 3.68. The van der Waals surface area contributed by atoms with Gasteiger partial charge in [-0.3, -0.25) is 9.20 Å².